The molecular formula is C25H17N3O4S. The zero-order valence-corrected chi connectivity index (χ0v) is 18.0. The molecule has 0 atom stereocenters. The maximum absolute atomic E-state index is 13.0. The minimum absolute atomic E-state index is 0.0139. The number of thiophene rings is 1. The molecule has 0 fully saturated rings. The molecule has 3 heterocycles. The molecule has 0 spiro atoms. The Hall–Kier alpha value is -4.30. The smallest absolute Gasteiger partial charge is 0.270 e. The van der Waals surface area contributed by atoms with Crippen LogP contribution < -0.4 is 10.3 Å². The highest BCUT2D eigenvalue weighted by atomic mass is 32.1. The number of ether oxygens (including phenoxy) is 1. The van der Waals surface area contributed by atoms with Crippen molar-refractivity contribution in [1.29, 1.82) is 0 Å². The third kappa shape index (κ3) is 4.11. The molecule has 162 valence electrons. The summed E-state index contributed by atoms with van der Waals surface area (Å²) in [5.41, 5.74) is 3.04. The maximum Gasteiger partial charge on any atom is 0.270 e. The van der Waals surface area contributed by atoms with Gasteiger partial charge in [-0.3, -0.25) is 19.9 Å². The maximum atomic E-state index is 13.0. The highest BCUT2D eigenvalue weighted by molar-refractivity contribution is 7.13. The molecule has 8 heteroatoms. The normalized spacial score (nSPS) is 10.9. The molecule has 33 heavy (non-hydrogen) atoms. The van der Waals surface area contributed by atoms with Crippen LogP contribution in [0.2, 0.25) is 0 Å². The molecule has 0 radical (unpaired) electrons. The number of hydrogen-bond donors (Lipinski definition) is 1. The minimum atomic E-state index is -0.418. The second-order valence-electron chi connectivity index (χ2n) is 7.31. The van der Waals surface area contributed by atoms with Crippen LogP contribution in [0.3, 0.4) is 0 Å². The van der Waals surface area contributed by atoms with E-state index in [4.69, 9.17) is 4.74 Å². The lowest BCUT2D eigenvalue weighted by molar-refractivity contribution is -0.384. The summed E-state index contributed by atoms with van der Waals surface area (Å²) in [5, 5.41) is 13.8. The van der Waals surface area contributed by atoms with Gasteiger partial charge in [0.1, 0.15) is 12.4 Å². The first-order valence-electron chi connectivity index (χ1n) is 10.1. The largest absolute Gasteiger partial charge is 0.486 e. The van der Waals surface area contributed by atoms with E-state index >= 15 is 0 Å². The second-order valence-corrected chi connectivity index (χ2v) is 8.26. The summed E-state index contributed by atoms with van der Waals surface area (Å²) in [7, 11) is 0. The predicted molar refractivity (Wildman–Crippen MR) is 129 cm³/mol. The molecule has 0 bridgehead atoms. The first-order chi connectivity index (χ1) is 16.1. The average molecular weight is 455 g/mol. The molecular weight excluding hydrogens is 438 g/mol. The standard InChI is InChI=1S/C25H17N3O4S/c29-25-23(22-8-4-12-33-22)24(32-15-18-6-1-2-11-26-18)20-14-17(9-10-21(20)27-25)16-5-3-7-19(13-16)28(30)31/h1-14H,15H2,(H,27,29). The summed E-state index contributed by atoms with van der Waals surface area (Å²) in [5.74, 6) is 0.453. The fourth-order valence-electron chi connectivity index (χ4n) is 3.67. The highest BCUT2D eigenvalue weighted by Crippen LogP contribution is 2.38. The molecule has 7 nitrogen and oxygen atoms in total. The lowest BCUT2D eigenvalue weighted by Gasteiger charge is -2.14. The van der Waals surface area contributed by atoms with Gasteiger partial charge in [-0.25, -0.2) is 0 Å². The van der Waals surface area contributed by atoms with Crippen molar-refractivity contribution in [3.05, 3.63) is 111 Å². The number of aromatic nitrogens is 2. The molecule has 1 N–H and O–H groups in total. The van der Waals surface area contributed by atoms with E-state index in [2.05, 4.69) is 9.97 Å². The second kappa shape index (κ2) is 8.68. The van der Waals surface area contributed by atoms with Gasteiger partial charge in [-0.15, -0.1) is 11.3 Å². The van der Waals surface area contributed by atoms with E-state index in [-0.39, 0.29) is 17.9 Å². The Morgan fingerprint density at radius 2 is 1.88 bits per heavy atom. The molecule has 5 aromatic rings. The van der Waals surface area contributed by atoms with E-state index < -0.39 is 4.92 Å². The summed E-state index contributed by atoms with van der Waals surface area (Å²) in [6.45, 7) is 0.193. The number of rotatable bonds is 6. The lowest BCUT2D eigenvalue weighted by atomic mass is 10.0. The van der Waals surface area contributed by atoms with Gasteiger partial charge >= 0.3 is 0 Å². The fourth-order valence-corrected chi connectivity index (χ4v) is 4.43. The summed E-state index contributed by atoms with van der Waals surface area (Å²) < 4.78 is 6.21. The topological polar surface area (TPSA) is 98.1 Å². The van der Waals surface area contributed by atoms with Crippen LogP contribution in [0.25, 0.3) is 32.5 Å². The Morgan fingerprint density at radius 3 is 2.64 bits per heavy atom. The van der Waals surface area contributed by atoms with E-state index in [0.717, 1.165) is 16.1 Å². The number of fused-ring (bicyclic) bond motifs is 1. The minimum Gasteiger partial charge on any atom is -0.486 e. The van der Waals surface area contributed by atoms with E-state index in [1.54, 1.807) is 18.3 Å². The van der Waals surface area contributed by atoms with Crippen molar-refractivity contribution in [2.75, 3.05) is 0 Å². The average Bonchev–Trinajstić information content (AvgIpc) is 3.37. The third-order valence-corrected chi connectivity index (χ3v) is 6.10. The van der Waals surface area contributed by atoms with Crippen LogP contribution in [0.5, 0.6) is 5.75 Å². The van der Waals surface area contributed by atoms with Gasteiger partial charge in [-0.05, 0) is 46.8 Å². The molecule has 0 saturated carbocycles. The molecule has 5 rings (SSSR count). The number of benzene rings is 2. The Bertz CT molecular complexity index is 1510. The summed E-state index contributed by atoms with van der Waals surface area (Å²) in [6, 6.07) is 21.3. The molecule has 0 unspecified atom stereocenters. The lowest BCUT2D eigenvalue weighted by Crippen LogP contribution is -2.12. The fraction of sp³-hybridized carbons (Fsp3) is 0.0400. The van der Waals surface area contributed by atoms with Gasteiger partial charge in [0.05, 0.1) is 21.7 Å². The zero-order chi connectivity index (χ0) is 22.8. The van der Waals surface area contributed by atoms with Gasteiger partial charge in [-0.1, -0.05) is 30.3 Å². The van der Waals surface area contributed by atoms with Gasteiger partial charge in [0.25, 0.3) is 11.2 Å². The van der Waals surface area contributed by atoms with Crippen LogP contribution in [0, 0.1) is 10.1 Å². The predicted octanol–water partition coefficient (Wildman–Crippen LogP) is 5.81. The quantitative estimate of drug-likeness (QED) is 0.257. The van der Waals surface area contributed by atoms with Crippen molar-refractivity contribution in [1.82, 2.24) is 9.97 Å². The summed E-state index contributed by atoms with van der Waals surface area (Å²) in [4.78, 5) is 31.9. The number of nitrogens with one attached hydrogen (secondary N) is 1. The van der Waals surface area contributed by atoms with Crippen LogP contribution >= 0.6 is 11.3 Å². The molecule has 0 aliphatic carbocycles. The number of H-pyrrole nitrogens is 1. The number of nitro groups is 1. The molecule has 3 aromatic heterocycles. The van der Waals surface area contributed by atoms with E-state index in [1.165, 1.54) is 23.5 Å². The van der Waals surface area contributed by atoms with Crippen molar-refractivity contribution in [3.8, 4) is 27.3 Å². The summed E-state index contributed by atoms with van der Waals surface area (Å²) in [6.07, 6.45) is 1.69. The number of pyridine rings is 2. The number of hydrogen-bond acceptors (Lipinski definition) is 6. The number of nitro benzene ring substituents is 1. The van der Waals surface area contributed by atoms with Crippen LogP contribution in [0.4, 0.5) is 5.69 Å². The van der Waals surface area contributed by atoms with E-state index in [9.17, 15) is 14.9 Å². The van der Waals surface area contributed by atoms with Crippen molar-refractivity contribution in [3.63, 3.8) is 0 Å². The van der Waals surface area contributed by atoms with Gasteiger partial charge in [0.15, 0.2) is 0 Å². The first kappa shape index (κ1) is 20.6. The summed E-state index contributed by atoms with van der Waals surface area (Å²) >= 11 is 1.45. The van der Waals surface area contributed by atoms with Gasteiger partial charge in [0, 0.05) is 28.6 Å². The Kier molecular flexibility index (Phi) is 5.42. The zero-order valence-electron chi connectivity index (χ0n) is 17.2. The van der Waals surface area contributed by atoms with Gasteiger partial charge in [0.2, 0.25) is 0 Å². The molecule has 0 amide bonds. The third-order valence-electron chi connectivity index (χ3n) is 5.21. The first-order valence-corrected chi connectivity index (χ1v) is 11.0. The molecule has 0 saturated heterocycles. The Morgan fingerprint density at radius 1 is 1.00 bits per heavy atom. The van der Waals surface area contributed by atoms with Crippen molar-refractivity contribution in [2.24, 2.45) is 0 Å². The molecule has 0 aliphatic rings. The van der Waals surface area contributed by atoms with E-state index in [0.29, 0.717) is 27.8 Å². The van der Waals surface area contributed by atoms with E-state index in [1.807, 2.05) is 53.9 Å². The number of non-ortho nitro benzene ring substituents is 1. The number of aromatic amines is 1. The van der Waals surface area contributed by atoms with Crippen molar-refractivity contribution < 1.29 is 9.66 Å². The van der Waals surface area contributed by atoms with Gasteiger partial charge < -0.3 is 9.72 Å². The Balaban J connectivity index is 1.69. The van der Waals surface area contributed by atoms with Gasteiger partial charge in [-0.2, -0.15) is 0 Å². The SMILES string of the molecule is O=c1[nH]c2ccc(-c3cccc([N+](=O)[O-])c3)cc2c(OCc2ccccn2)c1-c1cccs1. The van der Waals surface area contributed by atoms with Crippen LogP contribution in [0.15, 0.2) is 89.2 Å². The van der Waals surface area contributed by atoms with Crippen LogP contribution in [0.1, 0.15) is 5.69 Å². The molecule has 2 aromatic carbocycles. The molecule has 0 aliphatic heterocycles. The van der Waals surface area contributed by atoms with Crippen LogP contribution in [-0.2, 0) is 6.61 Å². The Labute approximate surface area is 192 Å². The number of nitrogens with zero attached hydrogens (tertiary/aromatic N) is 2. The van der Waals surface area contributed by atoms with Crippen molar-refractivity contribution >= 4 is 27.9 Å². The monoisotopic (exact) mass is 455 g/mol. The van der Waals surface area contributed by atoms with Crippen molar-refractivity contribution in [2.45, 2.75) is 6.61 Å². The highest BCUT2D eigenvalue weighted by Gasteiger charge is 2.18. The van der Waals surface area contributed by atoms with Crippen LogP contribution in [-0.4, -0.2) is 14.9 Å².